The molecule has 4 rings (SSSR count). The lowest BCUT2D eigenvalue weighted by Gasteiger charge is -2.46. The number of fused-ring (bicyclic) bond motifs is 2. The molecule has 0 radical (unpaired) electrons. The van der Waals surface area contributed by atoms with E-state index < -0.39 is 0 Å². The summed E-state index contributed by atoms with van der Waals surface area (Å²) in [5, 5.41) is 0. The van der Waals surface area contributed by atoms with Gasteiger partial charge in [0.15, 0.2) is 0 Å². The molecule has 2 atom stereocenters. The molecule has 0 aliphatic carbocycles. The zero-order valence-electron chi connectivity index (χ0n) is 18.1. The number of urea groups is 1. The van der Waals surface area contributed by atoms with Crippen molar-refractivity contribution in [2.45, 2.75) is 18.4 Å². The number of piperidine rings is 1. The quantitative estimate of drug-likeness (QED) is 0.733. The van der Waals surface area contributed by atoms with Crippen LogP contribution < -0.4 is 4.74 Å². The molecule has 30 heavy (non-hydrogen) atoms. The minimum atomic E-state index is -0.278. The molecule has 1 spiro atoms. The van der Waals surface area contributed by atoms with Crippen molar-refractivity contribution in [2.24, 2.45) is 11.8 Å². The summed E-state index contributed by atoms with van der Waals surface area (Å²) in [5.74, 6) is 0.843. The summed E-state index contributed by atoms with van der Waals surface area (Å²) in [6.45, 7) is 2.30. The van der Waals surface area contributed by atoms with Crippen molar-refractivity contribution in [1.82, 2.24) is 19.6 Å². The minimum Gasteiger partial charge on any atom is -0.497 e. The van der Waals surface area contributed by atoms with Crippen molar-refractivity contribution in [2.75, 3.05) is 54.4 Å². The SMILES string of the molecule is COc1ccc(C(=O)N2CCC3(CC2)[C@@H]2CN(C(=O)N(C)C)C[C@@H]2C(=O)N3C)cc1. The fourth-order valence-corrected chi connectivity index (χ4v) is 5.47. The van der Waals surface area contributed by atoms with E-state index in [4.69, 9.17) is 4.74 Å². The predicted octanol–water partition coefficient (Wildman–Crippen LogP) is 1.37. The van der Waals surface area contributed by atoms with Crippen molar-refractivity contribution in [3.63, 3.8) is 0 Å². The first-order valence-electron chi connectivity index (χ1n) is 10.5. The Morgan fingerprint density at radius 1 is 1.07 bits per heavy atom. The molecule has 3 fully saturated rings. The molecule has 3 heterocycles. The van der Waals surface area contributed by atoms with Crippen LogP contribution in [0.25, 0.3) is 0 Å². The van der Waals surface area contributed by atoms with Crippen LogP contribution in [0.3, 0.4) is 0 Å². The number of nitrogens with zero attached hydrogens (tertiary/aromatic N) is 4. The van der Waals surface area contributed by atoms with E-state index in [2.05, 4.69) is 0 Å². The number of carbonyl (C=O) groups is 3. The van der Waals surface area contributed by atoms with E-state index >= 15 is 0 Å². The molecule has 0 unspecified atom stereocenters. The highest BCUT2D eigenvalue weighted by Gasteiger charge is 2.61. The zero-order chi connectivity index (χ0) is 21.6. The summed E-state index contributed by atoms with van der Waals surface area (Å²) in [6.07, 6.45) is 1.48. The number of benzene rings is 1. The van der Waals surface area contributed by atoms with Crippen LogP contribution in [-0.4, -0.2) is 97.4 Å². The zero-order valence-corrected chi connectivity index (χ0v) is 18.1. The first-order chi connectivity index (χ1) is 14.3. The first kappa shape index (κ1) is 20.5. The average Bonchev–Trinajstić information content (AvgIpc) is 3.29. The van der Waals surface area contributed by atoms with Crippen LogP contribution in [0.5, 0.6) is 5.75 Å². The number of hydrogen-bond acceptors (Lipinski definition) is 4. The molecule has 3 aliphatic heterocycles. The maximum Gasteiger partial charge on any atom is 0.319 e. The van der Waals surface area contributed by atoms with Gasteiger partial charge in [0.1, 0.15) is 5.75 Å². The molecular formula is C22H30N4O4. The molecule has 0 bridgehead atoms. The third kappa shape index (κ3) is 3.09. The van der Waals surface area contributed by atoms with Gasteiger partial charge in [-0.3, -0.25) is 9.59 Å². The first-order valence-corrected chi connectivity index (χ1v) is 10.5. The molecular weight excluding hydrogens is 384 g/mol. The summed E-state index contributed by atoms with van der Waals surface area (Å²) in [7, 11) is 6.97. The molecule has 4 amide bonds. The second kappa shape index (κ2) is 7.49. The van der Waals surface area contributed by atoms with Gasteiger partial charge in [-0.05, 0) is 37.1 Å². The van der Waals surface area contributed by atoms with Crippen molar-refractivity contribution in [3.8, 4) is 5.75 Å². The van der Waals surface area contributed by atoms with Crippen LogP contribution in [0.15, 0.2) is 24.3 Å². The highest BCUT2D eigenvalue weighted by atomic mass is 16.5. The van der Waals surface area contributed by atoms with Gasteiger partial charge in [-0.2, -0.15) is 0 Å². The molecule has 3 saturated heterocycles. The summed E-state index contributed by atoms with van der Waals surface area (Å²) < 4.78 is 5.17. The highest BCUT2D eigenvalue weighted by molar-refractivity contribution is 5.94. The molecule has 3 aliphatic rings. The van der Waals surface area contributed by atoms with Crippen LogP contribution in [-0.2, 0) is 4.79 Å². The van der Waals surface area contributed by atoms with E-state index in [1.165, 1.54) is 0 Å². The summed E-state index contributed by atoms with van der Waals surface area (Å²) >= 11 is 0. The second-order valence-corrected chi connectivity index (χ2v) is 8.82. The van der Waals surface area contributed by atoms with Gasteiger partial charge in [0, 0.05) is 58.8 Å². The lowest BCUT2D eigenvalue weighted by molar-refractivity contribution is -0.133. The van der Waals surface area contributed by atoms with E-state index in [-0.39, 0.29) is 35.2 Å². The Labute approximate surface area is 177 Å². The Morgan fingerprint density at radius 3 is 2.27 bits per heavy atom. The van der Waals surface area contributed by atoms with Crippen LogP contribution in [0.4, 0.5) is 4.79 Å². The molecule has 0 saturated carbocycles. The van der Waals surface area contributed by atoms with E-state index in [0.717, 1.165) is 18.6 Å². The molecule has 0 N–H and O–H groups in total. The lowest BCUT2D eigenvalue weighted by atomic mass is 9.75. The standard InChI is InChI=1S/C22H30N4O4/c1-23(2)21(29)26-13-17-18(14-26)22(24(3)20(17)28)9-11-25(12-10-22)19(27)15-5-7-16(30-4)8-6-15/h5-8,17-18H,9-14H2,1-4H3/t17-,18+/m0/s1. The van der Waals surface area contributed by atoms with Gasteiger partial charge in [-0.25, -0.2) is 4.79 Å². The number of rotatable bonds is 2. The number of hydrogen-bond donors (Lipinski definition) is 0. The van der Waals surface area contributed by atoms with Crippen molar-refractivity contribution in [1.29, 1.82) is 0 Å². The van der Waals surface area contributed by atoms with Crippen molar-refractivity contribution < 1.29 is 19.1 Å². The molecule has 1 aromatic carbocycles. The maximum atomic E-state index is 13.0. The number of methoxy groups -OCH3 is 1. The third-order valence-corrected chi connectivity index (χ3v) is 7.23. The van der Waals surface area contributed by atoms with Crippen LogP contribution in [0.2, 0.25) is 0 Å². The molecule has 8 heteroatoms. The fourth-order valence-electron chi connectivity index (χ4n) is 5.47. The Bertz CT molecular complexity index is 845. The fraction of sp³-hybridized carbons (Fsp3) is 0.591. The van der Waals surface area contributed by atoms with Crippen LogP contribution in [0, 0.1) is 11.8 Å². The topological polar surface area (TPSA) is 73.4 Å². The predicted molar refractivity (Wildman–Crippen MR) is 111 cm³/mol. The van der Waals surface area contributed by atoms with Gasteiger partial charge in [0.25, 0.3) is 5.91 Å². The summed E-state index contributed by atoms with van der Waals surface area (Å²) in [6, 6.07) is 7.12. The van der Waals surface area contributed by atoms with Crippen molar-refractivity contribution in [3.05, 3.63) is 29.8 Å². The number of likely N-dealkylation sites (tertiary alicyclic amines) is 3. The Morgan fingerprint density at radius 2 is 1.70 bits per heavy atom. The largest absolute Gasteiger partial charge is 0.497 e. The van der Waals surface area contributed by atoms with Gasteiger partial charge >= 0.3 is 6.03 Å². The van der Waals surface area contributed by atoms with Gasteiger partial charge < -0.3 is 24.3 Å². The molecule has 1 aromatic rings. The van der Waals surface area contributed by atoms with Crippen LogP contribution >= 0.6 is 0 Å². The average molecular weight is 415 g/mol. The van der Waals surface area contributed by atoms with Crippen molar-refractivity contribution >= 4 is 17.8 Å². The smallest absolute Gasteiger partial charge is 0.319 e. The lowest BCUT2D eigenvalue weighted by Crippen LogP contribution is -2.57. The molecule has 0 aromatic heterocycles. The highest BCUT2D eigenvalue weighted by Crippen LogP contribution is 2.49. The number of amides is 4. The Hall–Kier alpha value is -2.77. The Kier molecular flexibility index (Phi) is 5.11. The van der Waals surface area contributed by atoms with E-state index in [9.17, 15) is 14.4 Å². The van der Waals surface area contributed by atoms with E-state index in [1.54, 1.807) is 55.3 Å². The van der Waals surface area contributed by atoms with Gasteiger partial charge in [-0.1, -0.05) is 0 Å². The van der Waals surface area contributed by atoms with Gasteiger partial charge in [-0.15, -0.1) is 0 Å². The van der Waals surface area contributed by atoms with E-state index in [1.807, 2.05) is 16.8 Å². The van der Waals surface area contributed by atoms with E-state index in [0.29, 0.717) is 31.7 Å². The maximum absolute atomic E-state index is 13.0. The molecule has 8 nitrogen and oxygen atoms in total. The summed E-state index contributed by atoms with van der Waals surface area (Å²) in [5.41, 5.74) is 0.365. The number of carbonyl (C=O) groups excluding carboxylic acids is 3. The van der Waals surface area contributed by atoms with Gasteiger partial charge in [0.2, 0.25) is 5.91 Å². The number of ether oxygens (including phenoxy) is 1. The van der Waals surface area contributed by atoms with Gasteiger partial charge in [0.05, 0.1) is 18.6 Å². The minimum absolute atomic E-state index is 0.00636. The normalized spacial score (nSPS) is 24.9. The second-order valence-electron chi connectivity index (χ2n) is 8.82. The molecule has 162 valence electrons. The van der Waals surface area contributed by atoms with Crippen LogP contribution in [0.1, 0.15) is 23.2 Å². The third-order valence-electron chi connectivity index (χ3n) is 7.23. The monoisotopic (exact) mass is 414 g/mol. The summed E-state index contributed by atoms with van der Waals surface area (Å²) in [4.78, 5) is 45.5. The Balaban J connectivity index is 1.47.